The Morgan fingerprint density at radius 1 is 1.28 bits per heavy atom. The second-order valence-electron chi connectivity index (χ2n) is 4.99. The average Bonchev–Trinajstić information content (AvgIpc) is 2.83. The van der Waals surface area contributed by atoms with Crippen LogP contribution in [0.4, 0.5) is 22.0 Å². The van der Waals surface area contributed by atoms with Crippen LogP contribution in [0.2, 0.25) is 0 Å². The van der Waals surface area contributed by atoms with Crippen LogP contribution in [0.1, 0.15) is 17.9 Å². The molecule has 1 N–H and O–H groups in total. The quantitative estimate of drug-likeness (QED) is 0.535. The molecule has 0 bridgehead atoms. The van der Waals surface area contributed by atoms with Crippen LogP contribution < -0.4 is 4.74 Å². The van der Waals surface area contributed by atoms with Gasteiger partial charge in [-0.1, -0.05) is 18.3 Å². The third-order valence-electron chi connectivity index (χ3n) is 3.25. The molecule has 1 aromatic carbocycles. The Morgan fingerprint density at radius 3 is 2.64 bits per heavy atom. The zero-order valence-electron chi connectivity index (χ0n) is 12.4. The maximum atomic E-state index is 13.0. The van der Waals surface area contributed by atoms with Gasteiger partial charge >= 0.3 is 6.36 Å². The van der Waals surface area contributed by atoms with Crippen LogP contribution in [0.3, 0.4) is 0 Å². The van der Waals surface area contributed by atoms with Crippen molar-refractivity contribution in [3.8, 4) is 11.4 Å². The second-order valence-corrected chi connectivity index (χ2v) is 5.38. The molecule has 0 saturated carbocycles. The van der Waals surface area contributed by atoms with E-state index < -0.39 is 24.4 Å². The van der Waals surface area contributed by atoms with Crippen molar-refractivity contribution >= 4 is 23.3 Å². The Balaban J connectivity index is 2.19. The first-order valence-corrected chi connectivity index (χ1v) is 7.20. The van der Waals surface area contributed by atoms with Gasteiger partial charge in [0.15, 0.2) is 5.82 Å². The molecule has 3 aromatic rings. The lowest BCUT2D eigenvalue weighted by atomic mass is 10.3. The van der Waals surface area contributed by atoms with Gasteiger partial charge in [0.2, 0.25) is 0 Å². The molecule has 25 heavy (non-hydrogen) atoms. The van der Waals surface area contributed by atoms with Gasteiger partial charge in [-0.3, -0.25) is 0 Å². The molecule has 132 valence electrons. The lowest BCUT2D eigenvalue weighted by Gasteiger charge is -2.10. The molecule has 0 unspecified atom stereocenters. The van der Waals surface area contributed by atoms with Crippen LogP contribution in [0.5, 0.6) is 5.75 Å². The highest BCUT2D eigenvalue weighted by Crippen LogP contribution is 2.27. The summed E-state index contributed by atoms with van der Waals surface area (Å²) in [4.78, 5) is 6.05. The number of rotatable bonds is 3. The summed E-state index contributed by atoms with van der Waals surface area (Å²) in [6.07, 6.45) is -7.75. The van der Waals surface area contributed by atoms with E-state index in [0.29, 0.717) is 11.1 Å². The molecular weight excluding hydrogens is 367 g/mol. The number of alkyl halides is 5. The van der Waals surface area contributed by atoms with Crippen molar-refractivity contribution in [2.24, 2.45) is 0 Å². The third-order valence-corrected chi connectivity index (χ3v) is 3.54. The van der Waals surface area contributed by atoms with Gasteiger partial charge in [-0.25, -0.2) is 18.4 Å². The lowest BCUT2D eigenvalue weighted by Crippen LogP contribution is -2.17. The van der Waals surface area contributed by atoms with Gasteiger partial charge in [-0.2, -0.15) is 5.10 Å². The van der Waals surface area contributed by atoms with E-state index in [0.717, 1.165) is 12.1 Å². The Kier molecular flexibility index (Phi) is 4.19. The molecule has 5 nitrogen and oxygen atoms in total. The molecule has 0 fully saturated rings. The van der Waals surface area contributed by atoms with Crippen molar-refractivity contribution in [3.05, 3.63) is 40.4 Å². The summed E-state index contributed by atoms with van der Waals surface area (Å²) in [6, 6.07) is 4.97. The van der Waals surface area contributed by atoms with Crippen LogP contribution in [0.15, 0.2) is 24.3 Å². The van der Waals surface area contributed by atoms with E-state index in [1.54, 1.807) is 6.92 Å². The fraction of sp³-hybridized carbons (Fsp3) is 0.214. The summed E-state index contributed by atoms with van der Waals surface area (Å²) in [5, 5.41) is 4.49. The molecule has 11 heteroatoms. The Bertz CT molecular complexity index is 995. The molecule has 2 heterocycles. The van der Waals surface area contributed by atoms with Crippen molar-refractivity contribution in [2.75, 3.05) is 0 Å². The number of nitrogens with zero attached hydrogens (tertiary/aromatic N) is 3. The van der Waals surface area contributed by atoms with E-state index >= 15 is 0 Å². The summed E-state index contributed by atoms with van der Waals surface area (Å²) in [7, 11) is 0. The minimum Gasteiger partial charge on any atom is -0.406 e. The van der Waals surface area contributed by atoms with Crippen molar-refractivity contribution in [2.45, 2.75) is 19.7 Å². The minimum atomic E-state index is -4.85. The topological polar surface area (TPSA) is 55.7 Å². The number of fused-ring (bicyclic) bond motifs is 1. The highest BCUT2D eigenvalue weighted by molar-refractivity contribution is 7.71. The molecule has 0 amide bonds. The first-order valence-electron chi connectivity index (χ1n) is 6.79. The standard InChI is InChI=1S/C14H9F5N4OS/c1-6-9-12(20-11(10(15)16)21-13(9)25)23(22-6)7-3-2-4-8(5-7)24-14(17,18)19/h2-5,10H,1H3,(H,20,21,25). The lowest BCUT2D eigenvalue weighted by molar-refractivity contribution is -0.274. The van der Waals surface area contributed by atoms with E-state index in [-0.39, 0.29) is 16.0 Å². The van der Waals surface area contributed by atoms with Gasteiger partial charge < -0.3 is 9.72 Å². The maximum Gasteiger partial charge on any atom is 0.573 e. The Morgan fingerprint density at radius 2 is 2.00 bits per heavy atom. The highest BCUT2D eigenvalue weighted by Gasteiger charge is 2.31. The zero-order chi connectivity index (χ0) is 18.4. The highest BCUT2D eigenvalue weighted by atomic mass is 32.1. The predicted octanol–water partition coefficient (Wildman–Crippen LogP) is 4.62. The number of H-pyrrole nitrogens is 1. The van der Waals surface area contributed by atoms with E-state index in [1.165, 1.54) is 16.8 Å². The van der Waals surface area contributed by atoms with Crippen molar-refractivity contribution in [3.63, 3.8) is 0 Å². The zero-order valence-corrected chi connectivity index (χ0v) is 13.3. The fourth-order valence-corrected chi connectivity index (χ4v) is 2.66. The van der Waals surface area contributed by atoms with E-state index in [1.807, 2.05) is 0 Å². The van der Waals surface area contributed by atoms with Crippen molar-refractivity contribution in [1.82, 2.24) is 19.7 Å². The van der Waals surface area contributed by atoms with Crippen molar-refractivity contribution < 1.29 is 26.7 Å². The molecular formula is C14H9F5N4OS. The largest absolute Gasteiger partial charge is 0.573 e. The molecule has 0 radical (unpaired) electrons. The summed E-state index contributed by atoms with van der Waals surface area (Å²) in [6.45, 7) is 1.59. The number of aryl methyl sites for hydroxylation is 1. The normalized spacial score (nSPS) is 12.1. The molecule has 0 atom stereocenters. The van der Waals surface area contributed by atoms with Crippen LogP contribution >= 0.6 is 12.2 Å². The second kappa shape index (κ2) is 6.06. The molecule has 0 aliphatic rings. The molecule has 0 saturated heterocycles. The monoisotopic (exact) mass is 376 g/mol. The SMILES string of the molecule is Cc1nn(-c2cccc(OC(F)(F)F)c2)c2[nH]c(C(F)F)nc(=S)c12. The number of aromatic nitrogens is 4. The van der Waals surface area contributed by atoms with Gasteiger partial charge in [-0.05, 0) is 19.1 Å². The van der Waals surface area contributed by atoms with Gasteiger partial charge in [0.05, 0.1) is 16.8 Å². The van der Waals surface area contributed by atoms with E-state index in [2.05, 4.69) is 19.8 Å². The van der Waals surface area contributed by atoms with E-state index in [4.69, 9.17) is 12.2 Å². The number of ether oxygens (including phenoxy) is 1. The number of nitrogens with one attached hydrogen (secondary N) is 1. The number of hydrogen-bond donors (Lipinski definition) is 1. The smallest absolute Gasteiger partial charge is 0.406 e. The number of hydrogen-bond acceptors (Lipinski definition) is 4. The van der Waals surface area contributed by atoms with Gasteiger partial charge in [0.25, 0.3) is 6.43 Å². The van der Waals surface area contributed by atoms with Crippen LogP contribution in [0, 0.1) is 11.6 Å². The first-order chi connectivity index (χ1) is 11.7. The fourth-order valence-electron chi connectivity index (χ4n) is 2.32. The molecule has 2 aromatic heterocycles. The minimum absolute atomic E-state index is 0.0736. The van der Waals surface area contributed by atoms with Crippen LogP contribution in [-0.2, 0) is 0 Å². The first kappa shape index (κ1) is 17.3. The van der Waals surface area contributed by atoms with E-state index in [9.17, 15) is 22.0 Å². The molecule has 0 aliphatic carbocycles. The summed E-state index contributed by atoms with van der Waals surface area (Å²) in [5.41, 5.74) is 0.681. The van der Waals surface area contributed by atoms with Gasteiger partial charge in [-0.15, -0.1) is 13.2 Å². The predicted molar refractivity (Wildman–Crippen MR) is 80.4 cm³/mol. The number of aromatic amines is 1. The molecule has 3 rings (SSSR count). The number of halogens is 5. The summed E-state index contributed by atoms with van der Waals surface area (Å²) >= 11 is 5.02. The maximum absolute atomic E-state index is 13.0. The van der Waals surface area contributed by atoms with Gasteiger partial charge in [0, 0.05) is 6.07 Å². The summed E-state index contributed by atoms with van der Waals surface area (Å²) < 4.78 is 68.0. The summed E-state index contributed by atoms with van der Waals surface area (Å²) in [5.74, 6) is -1.12. The molecule has 0 aliphatic heterocycles. The Labute approximate surface area is 142 Å². The van der Waals surface area contributed by atoms with Crippen LogP contribution in [-0.4, -0.2) is 26.1 Å². The Hall–Kier alpha value is -2.56. The third kappa shape index (κ3) is 3.45. The van der Waals surface area contributed by atoms with Crippen molar-refractivity contribution in [1.29, 1.82) is 0 Å². The average molecular weight is 376 g/mol. The van der Waals surface area contributed by atoms with Gasteiger partial charge in [0.1, 0.15) is 16.0 Å². The molecule has 0 spiro atoms. The number of benzene rings is 1. The van der Waals surface area contributed by atoms with Crippen LogP contribution in [0.25, 0.3) is 16.7 Å².